The predicted octanol–water partition coefficient (Wildman–Crippen LogP) is 3.43. The van der Waals surface area contributed by atoms with Crippen molar-refractivity contribution < 1.29 is 19.3 Å². The Morgan fingerprint density at radius 2 is 2.17 bits per heavy atom. The van der Waals surface area contributed by atoms with E-state index in [1.165, 1.54) is 5.57 Å². The van der Waals surface area contributed by atoms with Gasteiger partial charge in [0.15, 0.2) is 0 Å². The van der Waals surface area contributed by atoms with Gasteiger partial charge in [0.2, 0.25) is 0 Å². The first-order chi connectivity index (χ1) is 10.9. The molecule has 1 aliphatic heterocycles. The van der Waals surface area contributed by atoms with Crippen LogP contribution in [0, 0.1) is 11.3 Å². The van der Waals surface area contributed by atoms with E-state index in [0.717, 1.165) is 38.5 Å². The van der Waals surface area contributed by atoms with E-state index in [-0.39, 0.29) is 29.3 Å². The number of hydrogen-bond acceptors (Lipinski definition) is 4. The number of aliphatic hydroxyl groups excluding tert-OH is 1. The average molecular weight is 324 g/mol. The van der Waals surface area contributed by atoms with Gasteiger partial charge in [-0.1, -0.05) is 25.5 Å². The molecular formula is C19H32O4. The first kappa shape index (κ1) is 17.4. The zero-order valence-electron chi connectivity index (χ0n) is 15.0. The van der Waals surface area contributed by atoms with E-state index >= 15 is 0 Å². The van der Waals surface area contributed by atoms with Crippen LogP contribution >= 0.6 is 0 Å². The maximum Gasteiger partial charge on any atom is 0.146 e. The van der Waals surface area contributed by atoms with Crippen molar-refractivity contribution >= 4 is 0 Å². The highest BCUT2D eigenvalue weighted by atomic mass is 16.7. The van der Waals surface area contributed by atoms with Crippen LogP contribution in [0.15, 0.2) is 11.6 Å². The van der Waals surface area contributed by atoms with Crippen LogP contribution in [0.5, 0.6) is 0 Å². The van der Waals surface area contributed by atoms with Crippen molar-refractivity contribution in [1.82, 2.24) is 0 Å². The molecular weight excluding hydrogens is 292 g/mol. The minimum absolute atomic E-state index is 0.0608. The summed E-state index contributed by atoms with van der Waals surface area (Å²) in [5.74, 6) is 0.404. The summed E-state index contributed by atoms with van der Waals surface area (Å²) in [6, 6.07) is 0. The van der Waals surface area contributed by atoms with E-state index in [0.29, 0.717) is 12.7 Å². The largest absolute Gasteiger partial charge is 0.390 e. The van der Waals surface area contributed by atoms with Crippen LogP contribution in [0.2, 0.25) is 0 Å². The fourth-order valence-corrected chi connectivity index (χ4v) is 4.93. The third-order valence-electron chi connectivity index (χ3n) is 6.32. The molecule has 132 valence electrons. The molecule has 0 radical (unpaired) electrons. The van der Waals surface area contributed by atoms with Crippen LogP contribution in [-0.4, -0.2) is 42.9 Å². The highest BCUT2D eigenvalue weighted by molar-refractivity contribution is 5.23. The van der Waals surface area contributed by atoms with Crippen LogP contribution in [-0.2, 0) is 14.2 Å². The molecule has 0 aromatic carbocycles. The van der Waals surface area contributed by atoms with Crippen molar-refractivity contribution in [1.29, 1.82) is 0 Å². The van der Waals surface area contributed by atoms with Gasteiger partial charge in [0.1, 0.15) is 12.4 Å². The Morgan fingerprint density at radius 1 is 1.39 bits per heavy atom. The molecule has 0 bridgehead atoms. The molecule has 1 unspecified atom stereocenters. The zero-order valence-corrected chi connectivity index (χ0v) is 15.0. The Kier molecular flexibility index (Phi) is 4.90. The van der Waals surface area contributed by atoms with Crippen molar-refractivity contribution in [3.8, 4) is 0 Å². The van der Waals surface area contributed by atoms with E-state index in [4.69, 9.17) is 14.2 Å². The Balaban J connectivity index is 1.80. The van der Waals surface area contributed by atoms with Gasteiger partial charge in [-0.05, 0) is 51.4 Å². The fourth-order valence-electron chi connectivity index (χ4n) is 4.93. The van der Waals surface area contributed by atoms with E-state index in [2.05, 4.69) is 26.8 Å². The maximum absolute atomic E-state index is 10.9. The first-order valence-corrected chi connectivity index (χ1v) is 9.03. The molecule has 1 spiro atoms. The van der Waals surface area contributed by atoms with Crippen molar-refractivity contribution in [2.24, 2.45) is 11.3 Å². The summed E-state index contributed by atoms with van der Waals surface area (Å²) < 4.78 is 17.0. The molecule has 23 heavy (non-hydrogen) atoms. The van der Waals surface area contributed by atoms with E-state index in [9.17, 15) is 5.11 Å². The van der Waals surface area contributed by atoms with Gasteiger partial charge in [0, 0.05) is 12.5 Å². The summed E-state index contributed by atoms with van der Waals surface area (Å²) in [5, 5.41) is 10.9. The SMILES string of the molecule is COCOC1C/C(C)=C\C[C@]2(C)CC[C@H]3O[C@]32[C@@H](O)C[C@H](C)C1. The Bertz CT molecular complexity index is 462. The summed E-state index contributed by atoms with van der Waals surface area (Å²) in [4.78, 5) is 0. The summed E-state index contributed by atoms with van der Waals surface area (Å²) >= 11 is 0. The molecule has 3 aliphatic rings. The molecule has 1 N–H and O–H groups in total. The second-order valence-electron chi connectivity index (χ2n) is 8.25. The lowest BCUT2D eigenvalue weighted by Crippen LogP contribution is -2.44. The lowest BCUT2D eigenvalue weighted by Gasteiger charge is -2.36. The molecule has 0 amide bonds. The number of allylic oxidation sites excluding steroid dienone is 1. The number of aliphatic hydroxyl groups is 1. The minimum atomic E-state index is -0.370. The number of methoxy groups -OCH3 is 1. The maximum atomic E-state index is 10.9. The first-order valence-electron chi connectivity index (χ1n) is 9.03. The van der Waals surface area contributed by atoms with Crippen molar-refractivity contribution in [3.63, 3.8) is 0 Å². The predicted molar refractivity (Wildman–Crippen MR) is 89.1 cm³/mol. The molecule has 3 rings (SSSR count). The van der Waals surface area contributed by atoms with Crippen molar-refractivity contribution in [2.45, 2.75) is 83.2 Å². The standard InChI is InChI=1S/C19H32O4/c1-13-5-7-18(3)8-6-17-19(18,23-17)16(20)11-14(2)10-15(9-13)22-12-21-4/h5,14-17,20H,6-12H2,1-4H3/b13-5-/t14-,15?,16+,17-,18-,19-/m1/s1. The molecule has 1 saturated carbocycles. The molecule has 0 aromatic rings. The molecule has 4 nitrogen and oxygen atoms in total. The summed E-state index contributed by atoms with van der Waals surface area (Å²) in [5.41, 5.74) is 1.13. The van der Waals surface area contributed by atoms with Crippen LogP contribution in [0.3, 0.4) is 0 Å². The quantitative estimate of drug-likeness (QED) is 0.491. The number of hydrogen-bond donors (Lipinski definition) is 1. The Morgan fingerprint density at radius 3 is 2.87 bits per heavy atom. The summed E-state index contributed by atoms with van der Waals surface area (Å²) in [7, 11) is 1.66. The van der Waals surface area contributed by atoms with Gasteiger partial charge >= 0.3 is 0 Å². The fraction of sp³-hybridized carbons (Fsp3) is 0.895. The molecule has 1 saturated heterocycles. The minimum Gasteiger partial charge on any atom is -0.390 e. The molecule has 6 atom stereocenters. The smallest absolute Gasteiger partial charge is 0.146 e. The average Bonchev–Trinajstić information content (AvgIpc) is 3.18. The lowest BCUT2D eigenvalue weighted by molar-refractivity contribution is -0.0803. The van der Waals surface area contributed by atoms with Crippen LogP contribution in [0.1, 0.15) is 59.3 Å². The molecule has 0 aromatic heterocycles. The third-order valence-corrected chi connectivity index (χ3v) is 6.32. The summed E-state index contributed by atoms with van der Waals surface area (Å²) in [6.07, 6.45) is 8.31. The van der Waals surface area contributed by atoms with Gasteiger partial charge < -0.3 is 19.3 Å². The van der Waals surface area contributed by atoms with Crippen LogP contribution in [0.4, 0.5) is 0 Å². The van der Waals surface area contributed by atoms with Crippen LogP contribution < -0.4 is 0 Å². The van der Waals surface area contributed by atoms with Crippen molar-refractivity contribution in [3.05, 3.63) is 11.6 Å². The van der Waals surface area contributed by atoms with Gasteiger partial charge in [-0.25, -0.2) is 0 Å². The second-order valence-corrected chi connectivity index (χ2v) is 8.25. The van der Waals surface area contributed by atoms with E-state index in [1.807, 2.05) is 0 Å². The van der Waals surface area contributed by atoms with Crippen LogP contribution in [0.25, 0.3) is 0 Å². The molecule has 2 aliphatic carbocycles. The van der Waals surface area contributed by atoms with Gasteiger partial charge in [-0.2, -0.15) is 0 Å². The zero-order chi connectivity index (χ0) is 16.7. The normalized spacial score (nSPS) is 49.5. The highest BCUT2D eigenvalue weighted by Gasteiger charge is 2.73. The van der Waals surface area contributed by atoms with Gasteiger partial charge in [-0.3, -0.25) is 0 Å². The summed E-state index contributed by atoms with van der Waals surface area (Å²) in [6.45, 7) is 7.04. The van der Waals surface area contributed by atoms with E-state index in [1.54, 1.807) is 7.11 Å². The third kappa shape index (κ3) is 3.11. The number of epoxide rings is 1. The Hall–Kier alpha value is -0.420. The van der Waals surface area contributed by atoms with Gasteiger partial charge in [0.05, 0.1) is 18.3 Å². The number of ether oxygens (including phenoxy) is 3. The molecule has 2 fully saturated rings. The number of rotatable bonds is 3. The van der Waals surface area contributed by atoms with Crippen molar-refractivity contribution in [2.75, 3.05) is 13.9 Å². The topological polar surface area (TPSA) is 51.2 Å². The second kappa shape index (κ2) is 6.47. The highest BCUT2D eigenvalue weighted by Crippen LogP contribution is 2.65. The monoisotopic (exact) mass is 324 g/mol. The van der Waals surface area contributed by atoms with Gasteiger partial charge in [0.25, 0.3) is 0 Å². The van der Waals surface area contributed by atoms with E-state index < -0.39 is 0 Å². The Labute approximate surface area is 140 Å². The molecule has 1 heterocycles. The molecule has 4 heteroatoms. The lowest BCUT2D eigenvalue weighted by atomic mass is 9.71. The van der Waals surface area contributed by atoms with Gasteiger partial charge in [-0.15, -0.1) is 0 Å².